The second-order valence-electron chi connectivity index (χ2n) is 3.37. The molecule has 0 N–H and O–H groups in total. The van der Waals surface area contributed by atoms with Crippen molar-refractivity contribution in [3.05, 3.63) is 56.7 Å². The second kappa shape index (κ2) is 5.71. The Morgan fingerprint density at radius 2 is 2.00 bits per heavy atom. The van der Waals surface area contributed by atoms with Crippen molar-refractivity contribution in [2.75, 3.05) is 0 Å². The molecule has 0 radical (unpaired) electrons. The molecular weight excluding hydrogens is 325 g/mol. The summed E-state index contributed by atoms with van der Waals surface area (Å²) in [6.07, 6.45) is 3.46. The van der Waals surface area contributed by atoms with E-state index in [1.165, 1.54) is 0 Å². The monoisotopic (exact) mass is 331 g/mol. The summed E-state index contributed by atoms with van der Waals surface area (Å²) >= 11 is 15.2. The first kappa shape index (κ1) is 12.7. The number of rotatable bonds is 3. The van der Waals surface area contributed by atoms with Crippen LogP contribution in [-0.4, -0.2) is 4.98 Å². The van der Waals surface area contributed by atoms with Crippen molar-refractivity contribution in [2.24, 2.45) is 0 Å². The number of aromatic nitrogens is 1. The molecule has 0 saturated carbocycles. The fourth-order valence-electron chi connectivity index (χ4n) is 1.28. The van der Waals surface area contributed by atoms with Crippen LogP contribution in [0.4, 0.5) is 0 Å². The van der Waals surface area contributed by atoms with Gasteiger partial charge < -0.3 is 4.74 Å². The highest BCUT2D eigenvalue weighted by Gasteiger charge is 2.03. The molecule has 0 fully saturated rings. The van der Waals surface area contributed by atoms with Crippen LogP contribution < -0.4 is 4.74 Å². The normalized spacial score (nSPS) is 10.3. The highest BCUT2D eigenvalue weighted by molar-refractivity contribution is 9.10. The van der Waals surface area contributed by atoms with E-state index >= 15 is 0 Å². The summed E-state index contributed by atoms with van der Waals surface area (Å²) < 4.78 is 6.49. The fourth-order valence-corrected chi connectivity index (χ4v) is 2.03. The van der Waals surface area contributed by atoms with Crippen molar-refractivity contribution in [2.45, 2.75) is 6.61 Å². The highest BCUT2D eigenvalue weighted by Crippen LogP contribution is 2.28. The van der Waals surface area contributed by atoms with Crippen LogP contribution in [0.25, 0.3) is 0 Å². The third-order valence-corrected chi connectivity index (χ3v) is 3.03. The summed E-state index contributed by atoms with van der Waals surface area (Å²) in [5, 5.41) is 1.13. The molecule has 17 heavy (non-hydrogen) atoms. The van der Waals surface area contributed by atoms with Crippen LogP contribution in [0.3, 0.4) is 0 Å². The number of pyridine rings is 1. The molecular formula is C12H8BrCl2NO. The molecule has 0 atom stereocenters. The summed E-state index contributed by atoms with van der Waals surface area (Å²) in [5.41, 5.74) is 0.954. The molecule has 1 aromatic heterocycles. The first-order chi connectivity index (χ1) is 8.15. The number of ether oxygens (including phenoxy) is 1. The maximum Gasteiger partial charge on any atom is 0.139 e. The van der Waals surface area contributed by atoms with Gasteiger partial charge in [-0.25, -0.2) is 0 Å². The quantitative estimate of drug-likeness (QED) is 0.810. The number of halogens is 3. The van der Waals surface area contributed by atoms with E-state index in [0.717, 1.165) is 10.0 Å². The molecule has 1 aromatic carbocycles. The van der Waals surface area contributed by atoms with Crippen molar-refractivity contribution in [1.29, 1.82) is 0 Å². The number of nitrogens with zero attached hydrogens (tertiary/aromatic N) is 1. The van der Waals surface area contributed by atoms with Crippen molar-refractivity contribution in [3.63, 3.8) is 0 Å². The van der Waals surface area contributed by atoms with Crippen molar-refractivity contribution in [3.8, 4) is 5.75 Å². The summed E-state index contributed by atoms with van der Waals surface area (Å²) in [6.45, 7) is 0.395. The molecule has 2 rings (SSSR count). The molecule has 0 aliphatic rings. The SMILES string of the molecule is Clc1ccc(Cl)c(OCc2cncc(Br)c2)c1. The minimum absolute atomic E-state index is 0.395. The van der Waals surface area contributed by atoms with Gasteiger partial charge in [0, 0.05) is 33.5 Å². The Morgan fingerprint density at radius 1 is 1.18 bits per heavy atom. The molecule has 2 nitrogen and oxygen atoms in total. The molecule has 0 unspecified atom stereocenters. The van der Waals surface area contributed by atoms with Gasteiger partial charge in [0.25, 0.3) is 0 Å². The van der Waals surface area contributed by atoms with Gasteiger partial charge in [-0.2, -0.15) is 0 Å². The van der Waals surface area contributed by atoms with Crippen LogP contribution >= 0.6 is 39.1 Å². The Balaban J connectivity index is 2.09. The zero-order valence-electron chi connectivity index (χ0n) is 8.66. The van der Waals surface area contributed by atoms with E-state index in [2.05, 4.69) is 20.9 Å². The smallest absolute Gasteiger partial charge is 0.139 e. The van der Waals surface area contributed by atoms with E-state index in [9.17, 15) is 0 Å². The minimum atomic E-state index is 0.395. The van der Waals surface area contributed by atoms with Crippen LogP contribution in [0.5, 0.6) is 5.75 Å². The van der Waals surface area contributed by atoms with E-state index in [0.29, 0.717) is 22.4 Å². The average Bonchev–Trinajstić information content (AvgIpc) is 2.30. The maximum atomic E-state index is 5.99. The minimum Gasteiger partial charge on any atom is -0.487 e. The predicted molar refractivity (Wildman–Crippen MR) is 72.7 cm³/mol. The predicted octanol–water partition coefficient (Wildman–Crippen LogP) is 4.73. The second-order valence-corrected chi connectivity index (χ2v) is 5.13. The largest absolute Gasteiger partial charge is 0.487 e. The molecule has 5 heteroatoms. The van der Waals surface area contributed by atoms with Crippen LogP contribution in [0.15, 0.2) is 41.1 Å². The van der Waals surface area contributed by atoms with Gasteiger partial charge in [-0.15, -0.1) is 0 Å². The lowest BCUT2D eigenvalue weighted by Gasteiger charge is -2.08. The summed E-state index contributed by atoms with van der Waals surface area (Å²) in [4.78, 5) is 4.05. The molecule has 0 aliphatic carbocycles. The van der Waals surface area contributed by atoms with E-state index in [1.807, 2.05) is 6.07 Å². The van der Waals surface area contributed by atoms with E-state index in [-0.39, 0.29) is 0 Å². The van der Waals surface area contributed by atoms with Crippen molar-refractivity contribution in [1.82, 2.24) is 4.98 Å². The fraction of sp³-hybridized carbons (Fsp3) is 0.0833. The Labute approximate surface area is 118 Å². The van der Waals surface area contributed by atoms with Crippen LogP contribution in [0.1, 0.15) is 5.56 Å². The van der Waals surface area contributed by atoms with E-state index in [1.54, 1.807) is 30.6 Å². The highest BCUT2D eigenvalue weighted by atomic mass is 79.9. The summed E-state index contributed by atoms with van der Waals surface area (Å²) in [6, 6.07) is 7.05. The standard InChI is InChI=1S/C12H8BrCl2NO/c13-9-3-8(5-16-6-9)7-17-12-4-10(14)1-2-11(12)15/h1-6H,7H2. The van der Waals surface area contributed by atoms with Crippen molar-refractivity contribution >= 4 is 39.1 Å². The van der Waals surface area contributed by atoms with Gasteiger partial charge in [0.05, 0.1) is 5.02 Å². The van der Waals surface area contributed by atoms with Gasteiger partial charge in [0.2, 0.25) is 0 Å². The zero-order valence-corrected chi connectivity index (χ0v) is 11.8. The lowest BCUT2D eigenvalue weighted by Crippen LogP contribution is -1.96. The Morgan fingerprint density at radius 3 is 2.76 bits per heavy atom. The summed E-state index contributed by atoms with van der Waals surface area (Å²) in [5.74, 6) is 0.569. The van der Waals surface area contributed by atoms with E-state index < -0.39 is 0 Å². The number of benzene rings is 1. The molecule has 0 amide bonds. The molecule has 0 bridgehead atoms. The molecule has 2 aromatic rings. The van der Waals surface area contributed by atoms with Gasteiger partial charge in [0.15, 0.2) is 0 Å². The van der Waals surface area contributed by atoms with Crippen molar-refractivity contribution < 1.29 is 4.74 Å². The Bertz CT molecular complexity index is 534. The van der Waals surface area contributed by atoms with Gasteiger partial charge in [-0.05, 0) is 34.1 Å². The molecule has 0 spiro atoms. The van der Waals surface area contributed by atoms with Gasteiger partial charge >= 0.3 is 0 Å². The first-order valence-electron chi connectivity index (χ1n) is 4.82. The van der Waals surface area contributed by atoms with Gasteiger partial charge in [-0.3, -0.25) is 4.98 Å². The third kappa shape index (κ3) is 3.60. The lowest BCUT2D eigenvalue weighted by molar-refractivity contribution is 0.306. The topological polar surface area (TPSA) is 22.1 Å². The third-order valence-electron chi connectivity index (χ3n) is 2.05. The Hall–Kier alpha value is -0.770. The lowest BCUT2D eigenvalue weighted by atomic mass is 10.3. The first-order valence-corrected chi connectivity index (χ1v) is 6.37. The molecule has 0 aliphatic heterocycles. The van der Waals surface area contributed by atoms with Gasteiger partial charge in [0.1, 0.15) is 12.4 Å². The van der Waals surface area contributed by atoms with Crippen LogP contribution in [0, 0.1) is 0 Å². The number of hydrogen-bond donors (Lipinski definition) is 0. The zero-order chi connectivity index (χ0) is 12.3. The molecule has 0 saturated heterocycles. The maximum absolute atomic E-state index is 5.99. The van der Waals surface area contributed by atoms with E-state index in [4.69, 9.17) is 27.9 Å². The van der Waals surface area contributed by atoms with Gasteiger partial charge in [-0.1, -0.05) is 23.2 Å². The summed E-state index contributed by atoms with van der Waals surface area (Å²) in [7, 11) is 0. The molecule has 88 valence electrons. The Kier molecular flexibility index (Phi) is 4.26. The van der Waals surface area contributed by atoms with Crippen LogP contribution in [-0.2, 0) is 6.61 Å². The molecule has 1 heterocycles. The van der Waals surface area contributed by atoms with Crippen LogP contribution in [0.2, 0.25) is 10.0 Å². The number of hydrogen-bond acceptors (Lipinski definition) is 2. The average molecular weight is 333 g/mol.